The second kappa shape index (κ2) is 11.4. The zero-order chi connectivity index (χ0) is 24.8. The normalized spacial score (nSPS) is 12.3. The van der Waals surface area contributed by atoms with Crippen LogP contribution in [-0.4, -0.2) is 42.8 Å². The van der Waals surface area contributed by atoms with Crippen LogP contribution in [0.5, 0.6) is 0 Å². The lowest BCUT2D eigenvalue weighted by Gasteiger charge is -2.22. The van der Waals surface area contributed by atoms with E-state index in [2.05, 4.69) is 14.5 Å². The summed E-state index contributed by atoms with van der Waals surface area (Å²) in [5, 5.41) is -1.000. The minimum absolute atomic E-state index is 0.0902. The van der Waals surface area contributed by atoms with Crippen molar-refractivity contribution in [2.45, 2.75) is 26.8 Å². The van der Waals surface area contributed by atoms with Crippen molar-refractivity contribution in [3.05, 3.63) is 63.6 Å². The highest BCUT2D eigenvalue weighted by Gasteiger charge is 2.23. The summed E-state index contributed by atoms with van der Waals surface area (Å²) in [5.41, 5.74) is 5.64. The summed E-state index contributed by atoms with van der Waals surface area (Å²) in [6.45, 7) is 2.46. The quantitative estimate of drug-likeness (QED) is 0.326. The number of carbonyl (C=O) groups is 2. The van der Waals surface area contributed by atoms with Crippen molar-refractivity contribution in [1.82, 2.24) is 14.9 Å². The number of allylic oxidation sites excluding steroid dienone is 1. The number of aromatic nitrogens is 2. The van der Waals surface area contributed by atoms with Crippen LogP contribution in [0.15, 0.2) is 35.0 Å². The van der Waals surface area contributed by atoms with Gasteiger partial charge in [0.15, 0.2) is 0 Å². The zero-order valence-corrected chi connectivity index (χ0v) is 19.3. The number of anilines is 1. The molecule has 0 atom stereocenters. The van der Waals surface area contributed by atoms with Gasteiger partial charge in [-0.05, 0) is 37.7 Å². The topological polar surface area (TPSA) is 156 Å². The first-order valence-corrected chi connectivity index (χ1v) is 11.6. The first-order chi connectivity index (χ1) is 15.4. The van der Waals surface area contributed by atoms with Gasteiger partial charge in [0.25, 0.3) is 0 Å². The number of halogens is 2. The van der Waals surface area contributed by atoms with Crippen LogP contribution < -0.4 is 5.73 Å². The Kier molecular flexibility index (Phi) is 9.20. The molecule has 10 nitrogen and oxygen atoms in total. The fourth-order valence-corrected chi connectivity index (χ4v) is 3.93. The summed E-state index contributed by atoms with van der Waals surface area (Å²) in [6.07, 6.45) is 1.62. The smallest absolute Gasteiger partial charge is 0.383 e. The fourth-order valence-electron chi connectivity index (χ4n) is 2.63. The minimum Gasteiger partial charge on any atom is -0.383 e. The summed E-state index contributed by atoms with van der Waals surface area (Å²) in [4.78, 5) is 51.5. The van der Waals surface area contributed by atoms with Gasteiger partial charge in [-0.3, -0.25) is 14.1 Å². The Morgan fingerprint density at radius 3 is 2.52 bits per heavy atom. The molecule has 178 valence electrons. The number of amides is 1. The van der Waals surface area contributed by atoms with Crippen molar-refractivity contribution < 1.29 is 37.2 Å². The Morgan fingerprint density at radius 2 is 1.97 bits per heavy atom. The van der Waals surface area contributed by atoms with E-state index in [1.165, 1.54) is 13.1 Å². The van der Waals surface area contributed by atoms with Crippen LogP contribution in [0, 0.1) is 18.6 Å². The average molecular weight is 502 g/mol. The molecule has 14 heteroatoms. The van der Waals surface area contributed by atoms with Crippen molar-refractivity contribution in [2.24, 2.45) is 0 Å². The first-order valence-electron chi connectivity index (χ1n) is 9.29. The third-order valence-corrected chi connectivity index (χ3v) is 5.95. The van der Waals surface area contributed by atoms with E-state index in [4.69, 9.17) is 15.5 Å². The van der Waals surface area contributed by atoms with E-state index in [-0.39, 0.29) is 29.4 Å². The number of hydrogen-bond acceptors (Lipinski definition) is 8. The average Bonchev–Trinajstić information content (AvgIpc) is 2.71. The van der Waals surface area contributed by atoms with Crippen molar-refractivity contribution in [3.8, 4) is 0 Å². The predicted octanol–water partition coefficient (Wildman–Crippen LogP) is 2.91. The highest BCUT2D eigenvalue weighted by atomic mass is 32.2. The van der Waals surface area contributed by atoms with Gasteiger partial charge in [0.1, 0.15) is 28.8 Å². The number of phosphoric ester groups is 1. The Balaban J connectivity index is 2.38. The molecule has 2 rings (SSSR count). The molecule has 4 N–H and O–H groups in total. The number of nitrogens with two attached hydrogens (primary N) is 1. The molecule has 0 aliphatic rings. The van der Waals surface area contributed by atoms with Crippen LogP contribution in [0.3, 0.4) is 0 Å². The maximum absolute atomic E-state index is 14.0. The van der Waals surface area contributed by atoms with Gasteiger partial charge in [0.05, 0.1) is 13.2 Å². The molecule has 1 heterocycles. The molecular weight excluding hydrogens is 481 g/mol. The van der Waals surface area contributed by atoms with Gasteiger partial charge in [-0.2, -0.15) is 0 Å². The van der Waals surface area contributed by atoms with Crippen LogP contribution in [0.2, 0.25) is 0 Å². The molecule has 0 unspecified atom stereocenters. The van der Waals surface area contributed by atoms with E-state index in [9.17, 15) is 22.9 Å². The largest absolute Gasteiger partial charge is 0.469 e. The lowest BCUT2D eigenvalue weighted by atomic mass is 10.2. The minimum atomic E-state index is -4.81. The standard InChI is InChI=1S/C19H21F2N4O6PS/c1-11(25(10-26)9-13-8-23-12(2)24-18(13)22)16(6-7-31-32(28,29)30)33-19(27)17-14(20)4-3-5-15(17)21/h3-5,8,10H,6-7,9H2,1-2H3,(H2,22,23,24)(H2,28,29,30)/b16-11-. The molecule has 0 bridgehead atoms. The summed E-state index contributed by atoms with van der Waals surface area (Å²) in [6, 6.07) is 2.94. The maximum Gasteiger partial charge on any atom is 0.469 e. The van der Waals surface area contributed by atoms with Gasteiger partial charge >= 0.3 is 7.82 Å². The van der Waals surface area contributed by atoms with Crippen molar-refractivity contribution >= 4 is 36.9 Å². The lowest BCUT2D eigenvalue weighted by Crippen LogP contribution is -2.22. The molecule has 0 aliphatic heterocycles. The summed E-state index contributed by atoms with van der Waals surface area (Å²) < 4.78 is 43.5. The number of carbonyl (C=O) groups excluding carboxylic acids is 2. The Labute approximate surface area is 192 Å². The second-order valence-electron chi connectivity index (χ2n) is 6.63. The van der Waals surface area contributed by atoms with Gasteiger partial charge in [-0.1, -0.05) is 6.07 Å². The molecule has 0 aliphatic carbocycles. The zero-order valence-electron chi connectivity index (χ0n) is 17.6. The number of nitrogens with zero attached hydrogens (tertiary/aromatic N) is 3. The molecule has 2 aromatic rings. The van der Waals surface area contributed by atoms with Crippen molar-refractivity contribution in [1.29, 1.82) is 0 Å². The van der Waals surface area contributed by atoms with Crippen LogP contribution in [0.25, 0.3) is 0 Å². The van der Waals surface area contributed by atoms with Gasteiger partial charge in [-0.25, -0.2) is 23.3 Å². The number of rotatable bonds is 10. The third-order valence-electron chi connectivity index (χ3n) is 4.29. The first kappa shape index (κ1) is 26.6. The Hall–Kier alpha value is -2.70. The van der Waals surface area contributed by atoms with Crippen LogP contribution >= 0.6 is 19.6 Å². The Bertz CT molecular complexity index is 1110. The van der Waals surface area contributed by atoms with Gasteiger partial charge in [-0.15, -0.1) is 0 Å². The van der Waals surface area contributed by atoms with Crippen LogP contribution in [0.1, 0.15) is 35.1 Å². The summed E-state index contributed by atoms with van der Waals surface area (Å²) in [5.74, 6) is -1.60. The van der Waals surface area contributed by atoms with Crippen molar-refractivity contribution in [2.75, 3.05) is 12.3 Å². The maximum atomic E-state index is 14.0. The number of benzene rings is 1. The highest BCUT2D eigenvalue weighted by Crippen LogP contribution is 2.38. The molecule has 0 saturated carbocycles. The lowest BCUT2D eigenvalue weighted by molar-refractivity contribution is -0.116. The van der Waals surface area contributed by atoms with E-state index >= 15 is 0 Å². The van der Waals surface area contributed by atoms with E-state index < -0.39 is 36.7 Å². The third kappa shape index (κ3) is 7.69. The second-order valence-corrected chi connectivity index (χ2v) is 8.94. The molecule has 0 radical (unpaired) electrons. The molecule has 1 aromatic carbocycles. The van der Waals surface area contributed by atoms with E-state index in [0.717, 1.165) is 23.1 Å². The summed E-state index contributed by atoms with van der Waals surface area (Å²) >= 11 is 0.410. The van der Waals surface area contributed by atoms with Gasteiger partial charge in [0, 0.05) is 28.8 Å². The number of phosphoric acid groups is 1. The number of hydrogen-bond donors (Lipinski definition) is 3. The predicted molar refractivity (Wildman–Crippen MR) is 116 cm³/mol. The number of aryl methyl sites for hydroxylation is 1. The molecule has 1 amide bonds. The van der Waals surface area contributed by atoms with Gasteiger partial charge in [0.2, 0.25) is 11.5 Å². The monoisotopic (exact) mass is 502 g/mol. The summed E-state index contributed by atoms with van der Waals surface area (Å²) in [7, 11) is -4.81. The van der Waals surface area contributed by atoms with E-state index in [1.54, 1.807) is 6.92 Å². The van der Waals surface area contributed by atoms with Gasteiger partial charge < -0.3 is 20.4 Å². The van der Waals surface area contributed by atoms with Crippen LogP contribution in [-0.2, 0) is 20.4 Å². The fraction of sp³-hybridized carbons (Fsp3) is 0.263. The SMILES string of the molecule is C/C(=C(\CCOP(=O)(O)O)SC(=O)c1c(F)cccc1F)N(C=O)Cc1cnc(C)nc1N. The number of nitrogen functional groups attached to an aromatic ring is 1. The number of thioether (sulfide) groups is 1. The van der Waals surface area contributed by atoms with E-state index in [1.807, 2.05) is 0 Å². The van der Waals surface area contributed by atoms with E-state index in [0.29, 0.717) is 29.6 Å². The highest BCUT2D eigenvalue weighted by molar-refractivity contribution is 8.17. The Morgan fingerprint density at radius 1 is 1.33 bits per heavy atom. The van der Waals surface area contributed by atoms with Crippen molar-refractivity contribution in [3.63, 3.8) is 0 Å². The molecule has 0 saturated heterocycles. The molecule has 1 aromatic heterocycles. The van der Waals surface area contributed by atoms with Crippen LogP contribution in [0.4, 0.5) is 14.6 Å². The molecular formula is C19H21F2N4O6PS. The molecule has 0 fully saturated rings. The molecule has 0 spiro atoms. The molecule has 33 heavy (non-hydrogen) atoms.